The van der Waals surface area contributed by atoms with E-state index < -0.39 is 0 Å². The molecule has 0 atom stereocenters. The van der Waals surface area contributed by atoms with Gasteiger partial charge in [-0.05, 0) is 61.1 Å². The van der Waals surface area contributed by atoms with Gasteiger partial charge in [0.1, 0.15) is 0 Å². The lowest BCUT2D eigenvalue weighted by molar-refractivity contribution is 0.0499. The summed E-state index contributed by atoms with van der Waals surface area (Å²) >= 11 is 11.0. The molecule has 0 spiro atoms. The Morgan fingerprint density at radius 2 is 1.85 bits per heavy atom. The van der Waals surface area contributed by atoms with Crippen LogP contribution in [-0.2, 0) is 4.74 Å². The summed E-state index contributed by atoms with van der Waals surface area (Å²) in [6.45, 7) is 2.44. The van der Waals surface area contributed by atoms with Crippen molar-refractivity contribution in [2.45, 2.75) is 19.8 Å². The molecule has 0 saturated heterocycles. The molecule has 0 aromatic heterocycles. The molecule has 26 heavy (non-hydrogen) atoms. The largest absolute Gasteiger partial charge is 0.462 e. The van der Waals surface area contributed by atoms with Crippen LogP contribution in [0.2, 0.25) is 5.02 Å². The number of carbonyl (C=O) groups excluding carboxylic acids is 2. The zero-order chi connectivity index (χ0) is 18.9. The monoisotopic (exact) mass is 390 g/mol. The SMILES string of the molecule is CCCCOC(=O)c1ccc(NC(=S)NC(=O)c2cccc(Cl)c2)cc1. The molecule has 2 aromatic rings. The second-order valence-electron chi connectivity index (χ2n) is 5.49. The summed E-state index contributed by atoms with van der Waals surface area (Å²) < 4.78 is 5.15. The number of unbranched alkanes of at least 4 members (excludes halogenated alkanes) is 1. The number of anilines is 1. The Morgan fingerprint density at radius 1 is 1.12 bits per heavy atom. The van der Waals surface area contributed by atoms with Crippen molar-refractivity contribution in [1.82, 2.24) is 5.32 Å². The van der Waals surface area contributed by atoms with Gasteiger partial charge in [-0.15, -0.1) is 0 Å². The highest BCUT2D eigenvalue weighted by Crippen LogP contribution is 2.12. The van der Waals surface area contributed by atoms with Gasteiger partial charge in [0.15, 0.2) is 5.11 Å². The van der Waals surface area contributed by atoms with E-state index in [1.54, 1.807) is 48.5 Å². The fourth-order valence-corrected chi connectivity index (χ4v) is 2.45. The molecular formula is C19H19ClN2O3S. The third kappa shape index (κ3) is 6.13. The molecule has 5 nitrogen and oxygen atoms in total. The standard InChI is InChI=1S/C19H19ClN2O3S/c1-2-3-11-25-18(24)13-7-9-16(10-8-13)21-19(26)22-17(23)14-5-4-6-15(20)12-14/h4-10,12H,2-3,11H2,1H3,(H2,21,22,23,26). The quantitative estimate of drug-likeness (QED) is 0.434. The summed E-state index contributed by atoms with van der Waals surface area (Å²) in [6, 6.07) is 13.2. The molecule has 2 N–H and O–H groups in total. The van der Waals surface area contributed by atoms with Crippen LogP contribution in [0.3, 0.4) is 0 Å². The summed E-state index contributed by atoms with van der Waals surface area (Å²) in [4.78, 5) is 24.0. The molecule has 0 saturated carbocycles. The number of esters is 1. The Hall–Kier alpha value is -2.44. The number of rotatable bonds is 6. The predicted octanol–water partition coefficient (Wildman–Crippen LogP) is 4.42. The zero-order valence-corrected chi connectivity index (χ0v) is 15.8. The van der Waals surface area contributed by atoms with E-state index in [1.165, 1.54) is 0 Å². The Labute approximate surface area is 162 Å². The molecule has 1 amide bonds. The molecule has 0 bridgehead atoms. The Morgan fingerprint density at radius 3 is 2.50 bits per heavy atom. The highest BCUT2D eigenvalue weighted by Gasteiger charge is 2.10. The predicted molar refractivity (Wildman–Crippen MR) is 107 cm³/mol. The van der Waals surface area contributed by atoms with Crippen molar-refractivity contribution in [2.75, 3.05) is 11.9 Å². The van der Waals surface area contributed by atoms with Crippen LogP contribution < -0.4 is 10.6 Å². The molecule has 0 radical (unpaired) electrons. The van der Waals surface area contributed by atoms with E-state index in [-0.39, 0.29) is 17.0 Å². The lowest BCUT2D eigenvalue weighted by atomic mass is 10.2. The summed E-state index contributed by atoms with van der Waals surface area (Å²) in [5.41, 5.74) is 1.51. The number of hydrogen-bond acceptors (Lipinski definition) is 4. The molecule has 0 unspecified atom stereocenters. The van der Waals surface area contributed by atoms with Crippen molar-refractivity contribution >= 4 is 46.5 Å². The van der Waals surface area contributed by atoms with Crippen LogP contribution in [0.5, 0.6) is 0 Å². The number of benzene rings is 2. The van der Waals surface area contributed by atoms with E-state index in [2.05, 4.69) is 10.6 Å². The number of thiocarbonyl (C=S) groups is 1. The van der Waals surface area contributed by atoms with Gasteiger partial charge in [0.2, 0.25) is 0 Å². The van der Waals surface area contributed by atoms with E-state index in [0.29, 0.717) is 28.4 Å². The van der Waals surface area contributed by atoms with Crippen molar-refractivity contribution < 1.29 is 14.3 Å². The summed E-state index contributed by atoms with van der Waals surface area (Å²) in [6.07, 6.45) is 1.81. The fraction of sp³-hybridized carbons (Fsp3) is 0.211. The highest BCUT2D eigenvalue weighted by atomic mass is 35.5. The smallest absolute Gasteiger partial charge is 0.338 e. The fourth-order valence-electron chi connectivity index (χ4n) is 2.05. The van der Waals surface area contributed by atoms with Crippen LogP contribution in [0.4, 0.5) is 5.69 Å². The van der Waals surface area contributed by atoms with Crippen molar-refractivity contribution in [3.8, 4) is 0 Å². The first-order chi connectivity index (χ1) is 12.5. The third-order valence-electron chi connectivity index (χ3n) is 3.42. The number of carbonyl (C=O) groups is 2. The Kier molecular flexibility index (Phi) is 7.56. The number of nitrogens with one attached hydrogen (secondary N) is 2. The summed E-state index contributed by atoms with van der Waals surface area (Å²) in [5.74, 6) is -0.719. The lowest BCUT2D eigenvalue weighted by Crippen LogP contribution is -2.34. The molecule has 136 valence electrons. The van der Waals surface area contributed by atoms with Crippen molar-refractivity contribution in [3.63, 3.8) is 0 Å². The van der Waals surface area contributed by atoms with Crippen molar-refractivity contribution in [1.29, 1.82) is 0 Å². The molecule has 2 aromatic carbocycles. The molecule has 0 fully saturated rings. The topological polar surface area (TPSA) is 67.4 Å². The van der Waals surface area contributed by atoms with E-state index >= 15 is 0 Å². The van der Waals surface area contributed by atoms with Crippen LogP contribution in [0, 0.1) is 0 Å². The number of amides is 1. The van der Waals surface area contributed by atoms with E-state index in [4.69, 9.17) is 28.6 Å². The molecule has 0 aliphatic carbocycles. The van der Waals surface area contributed by atoms with Gasteiger partial charge in [-0.25, -0.2) is 4.79 Å². The van der Waals surface area contributed by atoms with Crippen LogP contribution >= 0.6 is 23.8 Å². The lowest BCUT2D eigenvalue weighted by Gasteiger charge is -2.10. The van der Waals surface area contributed by atoms with Crippen molar-refractivity contribution in [3.05, 3.63) is 64.7 Å². The zero-order valence-electron chi connectivity index (χ0n) is 14.3. The van der Waals surface area contributed by atoms with Gasteiger partial charge in [0.05, 0.1) is 12.2 Å². The van der Waals surface area contributed by atoms with E-state index in [1.807, 2.05) is 6.92 Å². The normalized spacial score (nSPS) is 10.1. The first kappa shape index (κ1) is 19.9. The molecule has 0 aliphatic heterocycles. The average molecular weight is 391 g/mol. The van der Waals surface area contributed by atoms with Crippen LogP contribution in [0.15, 0.2) is 48.5 Å². The second kappa shape index (κ2) is 9.89. The maximum absolute atomic E-state index is 12.1. The van der Waals surface area contributed by atoms with Crippen LogP contribution in [-0.4, -0.2) is 23.6 Å². The van der Waals surface area contributed by atoms with Gasteiger partial charge >= 0.3 is 5.97 Å². The highest BCUT2D eigenvalue weighted by molar-refractivity contribution is 7.80. The Balaban J connectivity index is 1.89. The van der Waals surface area contributed by atoms with E-state index in [9.17, 15) is 9.59 Å². The first-order valence-corrected chi connectivity index (χ1v) is 8.93. The van der Waals surface area contributed by atoms with Gasteiger partial charge in [-0.1, -0.05) is 31.0 Å². The van der Waals surface area contributed by atoms with Crippen molar-refractivity contribution in [2.24, 2.45) is 0 Å². The minimum absolute atomic E-state index is 0.147. The third-order valence-corrected chi connectivity index (χ3v) is 3.86. The van der Waals surface area contributed by atoms with Gasteiger partial charge < -0.3 is 10.1 Å². The molecule has 0 aliphatic rings. The van der Waals surface area contributed by atoms with Gasteiger partial charge in [0.25, 0.3) is 5.91 Å². The number of ether oxygens (including phenoxy) is 1. The van der Waals surface area contributed by atoms with Crippen LogP contribution in [0.25, 0.3) is 0 Å². The van der Waals surface area contributed by atoms with E-state index in [0.717, 1.165) is 12.8 Å². The number of hydrogen-bond donors (Lipinski definition) is 2. The molecule has 0 heterocycles. The molecule has 2 rings (SSSR count). The maximum Gasteiger partial charge on any atom is 0.338 e. The van der Waals surface area contributed by atoms with Gasteiger partial charge in [-0.3, -0.25) is 10.1 Å². The average Bonchev–Trinajstić information content (AvgIpc) is 2.62. The van der Waals surface area contributed by atoms with Gasteiger partial charge in [-0.2, -0.15) is 0 Å². The maximum atomic E-state index is 12.1. The summed E-state index contributed by atoms with van der Waals surface area (Å²) in [7, 11) is 0. The summed E-state index contributed by atoms with van der Waals surface area (Å²) in [5, 5.41) is 6.08. The number of halogens is 1. The van der Waals surface area contributed by atoms with Gasteiger partial charge in [0, 0.05) is 16.3 Å². The van der Waals surface area contributed by atoms with Crippen LogP contribution in [0.1, 0.15) is 40.5 Å². The minimum atomic E-state index is -0.360. The minimum Gasteiger partial charge on any atom is -0.462 e. The molecular weight excluding hydrogens is 372 g/mol. The molecule has 7 heteroatoms. The Bertz CT molecular complexity index is 794. The first-order valence-electron chi connectivity index (χ1n) is 8.14. The second-order valence-corrected chi connectivity index (χ2v) is 6.33.